The topological polar surface area (TPSA) is 9.23 Å². The molecule has 0 fully saturated rings. The van der Waals surface area contributed by atoms with Gasteiger partial charge in [0.2, 0.25) is 0 Å². The van der Waals surface area contributed by atoms with Gasteiger partial charge in [-0.1, -0.05) is 51.1 Å². The largest absolute Gasteiger partial charge is 0.381 e. The molecule has 0 aliphatic carbocycles. The van der Waals surface area contributed by atoms with Crippen LogP contribution in [0, 0.1) is 5.92 Å². The van der Waals surface area contributed by atoms with Crippen LogP contribution < -0.4 is 0 Å². The second kappa shape index (κ2) is 7.81. The molecule has 0 aliphatic rings. The van der Waals surface area contributed by atoms with E-state index in [1.807, 2.05) is 6.07 Å². The minimum absolute atomic E-state index is 0.0554. The van der Waals surface area contributed by atoms with Crippen molar-refractivity contribution in [3.63, 3.8) is 0 Å². The van der Waals surface area contributed by atoms with E-state index < -0.39 is 0 Å². The third-order valence-electron chi connectivity index (χ3n) is 3.49. The summed E-state index contributed by atoms with van der Waals surface area (Å²) in [6.45, 7) is 8.17. The Kier molecular flexibility index (Phi) is 6.73. The third kappa shape index (κ3) is 4.29. The van der Waals surface area contributed by atoms with Crippen molar-refractivity contribution in [1.29, 1.82) is 0 Å². The summed E-state index contributed by atoms with van der Waals surface area (Å²) in [6, 6.07) is 10.6. The fourth-order valence-corrected chi connectivity index (χ4v) is 2.62. The number of halogens is 1. The zero-order valence-electron chi connectivity index (χ0n) is 11.8. The summed E-state index contributed by atoms with van der Waals surface area (Å²) in [5, 5.41) is 0. The molecule has 0 amide bonds. The number of hydrogen-bond donors (Lipinski definition) is 0. The Morgan fingerprint density at radius 1 is 1.22 bits per heavy atom. The van der Waals surface area contributed by atoms with E-state index in [-0.39, 0.29) is 5.41 Å². The average molecular weight is 269 g/mol. The van der Waals surface area contributed by atoms with Gasteiger partial charge in [-0.3, -0.25) is 0 Å². The quantitative estimate of drug-likeness (QED) is 0.493. The van der Waals surface area contributed by atoms with Gasteiger partial charge in [0, 0.05) is 24.5 Å². The summed E-state index contributed by atoms with van der Waals surface area (Å²) in [7, 11) is 0. The molecule has 0 radical (unpaired) electrons. The van der Waals surface area contributed by atoms with Gasteiger partial charge in [0.15, 0.2) is 0 Å². The first-order valence-corrected chi connectivity index (χ1v) is 7.37. The van der Waals surface area contributed by atoms with E-state index in [1.54, 1.807) is 0 Å². The molecule has 0 aliphatic heterocycles. The highest BCUT2D eigenvalue weighted by atomic mass is 35.5. The van der Waals surface area contributed by atoms with Gasteiger partial charge < -0.3 is 4.74 Å². The molecule has 1 atom stereocenters. The van der Waals surface area contributed by atoms with Gasteiger partial charge >= 0.3 is 0 Å². The van der Waals surface area contributed by atoms with Gasteiger partial charge in [0.1, 0.15) is 0 Å². The van der Waals surface area contributed by atoms with Crippen molar-refractivity contribution >= 4 is 11.6 Å². The summed E-state index contributed by atoms with van der Waals surface area (Å²) in [4.78, 5) is 0. The van der Waals surface area contributed by atoms with Crippen LogP contribution >= 0.6 is 11.6 Å². The predicted molar refractivity (Wildman–Crippen MR) is 79.4 cm³/mol. The first kappa shape index (κ1) is 15.5. The molecule has 0 heterocycles. The lowest BCUT2D eigenvalue weighted by Crippen LogP contribution is -2.29. The van der Waals surface area contributed by atoms with Crippen LogP contribution in [0.15, 0.2) is 30.3 Å². The summed E-state index contributed by atoms with van der Waals surface area (Å²) >= 11 is 6.24. The molecule has 1 rings (SSSR count). The minimum atomic E-state index is 0.0554. The Balaban J connectivity index is 2.64. The first-order chi connectivity index (χ1) is 8.64. The monoisotopic (exact) mass is 268 g/mol. The maximum Gasteiger partial charge on any atom is 0.0488 e. The first-order valence-electron chi connectivity index (χ1n) is 6.84. The maximum absolute atomic E-state index is 6.24. The minimum Gasteiger partial charge on any atom is -0.381 e. The lowest BCUT2D eigenvalue weighted by Gasteiger charge is -2.31. The fraction of sp³-hybridized carbons (Fsp3) is 0.625. The Hall–Kier alpha value is -0.530. The van der Waals surface area contributed by atoms with E-state index in [9.17, 15) is 0 Å². The highest BCUT2D eigenvalue weighted by molar-refractivity contribution is 6.18. The molecule has 102 valence electrons. The Bertz CT molecular complexity index is 317. The van der Waals surface area contributed by atoms with Crippen LogP contribution in [0.4, 0.5) is 0 Å². The average Bonchev–Trinajstić information content (AvgIpc) is 2.40. The standard InChI is InChI=1S/C16H25ClO/c1-4-16(13-17,10-11-18-12-14(2)3)15-8-6-5-7-9-15/h5-9,14H,4,10-13H2,1-3H3. The zero-order valence-corrected chi connectivity index (χ0v) is 12.5. The molecule has 1 aromatic rings. The van der Waals surface area contributed by atoms with Crippen molar-refractivity contribution < 1.29 is 4.74 Å². The van der Waals surface area contributed by atoms with E-state index in [0.29, 0.717) is 11.8 Å². The summed E-state index contributed by atoms with van der Waals surface area (Å²) in [5.41, 5.74) is 1.38. The second-order valence-electron chi connectivity index (χ2n) is 5.35. The number of ether oxygens (including phenoxy) is 1. The Morgan fingerprint density at radius 3 is 2.39 bits per heavy atom. The normalized spacial score (nSPS) is 14.7. The van der Waals surface area contributed by atoms with Crippen LogP contribution in [-0.2, 0) is 10.2 Å². The molecule has 1 nitrogen and oxygen atoms in total. The molecule has 0 N–H and O–H groups in total. The van der Waals surface area contributed by atoms with Crippen molar-refractivity contribution in [1.82, 2.24) is 0 Å². The highest BCUT2D eigenvalue weighted by Gasteiger charge is 2.28. The van der Waals surface area contributed by atoms with Gasteiger partial charge in [0.05, 0.1) is 0 Å². The molecule has 2 heteroatoms. The second-order valence-corrected chi connectivity index (χ2v) is 5.62. The smallest absolute Gasteiger partial charge is 0.0488 e. The van der Waals surface area contributed by atoms with E-state index in [0.717, 1.165) is 26.1 Å². The molecule has 0 spiro atoms. The molecule has 0 saturated carbocycles. The molecule has 0 aromatic heterocycles. The van der Waals surface area contributed by atoms with Crippen LogP contribution in [0.2, 0.25) is 0 Å². The third-order valence-corrected chi connectivity index (χ3v) is 4.01. The van der Waals surface area contributed by atoms with Crippen molar-refractivity contribution in [2.24, 2.45) is 5.92 Å². The Labute approximate surface area is 116 Å². The van der Waals surface area contributed by atoms with Gasteiger partial charge in [-0.25, -0.2) is 0 Å². The molecular formula is C16H25ClO. The van der Waals surface area contributed by atoms with Crippen molar-refractivity contribution in [2.45, 2.75) is 39.0 Å². The summed E-state index contributed by atoms with van der Waals surface area (Å²) in [5.74, 6) is 1.24. The highest BCUT2D eigenvalue weighted by Crippen LogP contribution is 2.33. The fourth-order valence-electron chi connectivity index (χ4n) is 2.14. The van der Waals surface area contributed by atoms with Crippen LogP contribution in [0.25, 0.3) is 0 Å². The van der Waals surface area contributed by atoms with E-state index >= 15 is 0 Å². The lowest BCUT2D eigenvalue weighted by atomic mass is 9.77. The SMILES string of the molecule is CCC(CCl)(CCOCC(C)C)c1ccccc1. The molecule has 0 saturated heterocycles. The number of alkyl halides is 1. The van der Waals surface area contributed by atoms with Crippen LogP contribution in [-0.4, -0.2) is 19.1 Å². The van der Waals surface area contributed by atoms with Crippen molar-refractivity contribution in [3.8, 4) is 0 Å². The van der Waals surface area contributed by atoms with Crippen LogP contribution in [0.1, 0.15) is 39.2 Å². The Morgan fingerprint density at radius 2 is 1.89 bits per heavy atom. The molecule has 18 heavy (non-hydrogen) atoms. The van der Waals surface area contributed by atoms with Crippen molar-refractivity contribution in [2.75, 3.05) is 19.1 Å². The number of benzene rings is 1. The predicted octanol–water partition coefficient (Wildman–Crippen LogP) is 4.64. The van der Waals surface area contributed by atoms with Gasteiger partial charge in [-0.15, -0.1) is 11.6 Å². The molecule has 1 aromatic carbocycles. The number of rotatable bonds is 8. The number of hydrogen-bond acceptors (Lipinski definition) is 1. The van der Waals surface area contributed by atoms with Crippen molar-refractivity contribution in [3.05, 3.63) is 35.9 Å². The maximum atomic E-state index is 6.24. The molecule has 0 bridgehead atoms. The zero-order chi connectivity index (χ0) is 13.4. The summed E-state index contributed by atoms with van der Waals surface area (Å²) in [6.07, 6.45) is 2.04. The molecule has 1 unspecified atom stereocenters. The van der Waals surface area contributed by atoms with Crippen LogP contribution in [0.5, 0.6) is 0 Å². The van der Waals surface area contributed by atoms with E-state index in [2.05, 4.69) is 45.0 Å². The van der Waals surface area contributed by atoms with Gasteiger partial charge in [0.25, 0.3) is 0 Å². The molecular weight excluding hydrogens is 244 g/mol. The lowest BCUT2D eigenvalue weighted by molar-refractivity contribution is 0.0941. The van der Waals surface area contributed by atoms with E-state index in [1.165, 1.54) is 5.56 Å². The van der Waals surface area contributed by atoms with Crippen LogP contribution in [0.3, 0.4) is 0 Å². The van der Waals surface area contributed by atoms with E-state index in [4.69, 9.17) is 16.3 Å². The summed E-state index contributed by atoms with van der Waals surface area (Å²) < 4.78 is 5.72. The van der Waals surface area contributed by atoms with Gasteiger partial charge in [-0.2, -0.15) is 0 Å². The van der Waals surface area contributed by atoms with Gasteiger partial charge in [-0.05, 0) is 24.3 Å².